The van der Waals surface area contributed by atoms with Crippen LogP contribution in [0.5, 0.6) is 0 Å². The Kier molecular flexibility index (Phi) is 6.13. The molecule has 0 bridgehead atoms. The topological polar surface area (TPSA) is 69.8 Å². The van der Waals surface area contributed by atoms with Gasteiger partial charge in [0.1, 0.15) is 17.5 Å². The number of hydrazine groups is 1. The van der Waals surface area contributed by atoms with E-state index in [0.29, 0.717) is 6.54 Å². The number of hydrogen-bond donors (Lipinski definition) is 1. The first-order chi connectivity index (χ1) is 18.3. The molecule has 182 valence electrons. The standard InChI is InChI=1S/C31H28N6/c32-21-24-11-10-19-36(22-24)35-29-28-18-20-37(30(28)34-23-33-29)31(25-12-4-1-5-13-25,26-14-6-2-7-15-26)27-16-8-3-9-17-27/h1-9,12-18,20,23-24H,10-11,19,22H2,(H,33,34,35). The number of nitrogens with zero attached hydrogens (tertiary/aromatic N) is 5. The lowest BCUT2D eigenvalue weighted by Gasteiger charge is -2.38. The number of aromatic nitrogens is 3. The van der Waals surface area contributed by atoms with Crippen molar-refractivity contribution in [1.82, 2.24) is 19.5 Å². The fraction of sp³-hybridized carbons (Fsp3) is 0.194. The lowest BCUT2D eigenvalue weighted by Crippen LogP contribution is -2.39. The van der Waals surface area contributed by atoms with E-state index in [9.17, 15) is 5.26 Å². The van der Waals surface area contributed by atoms with Crippen LogP contribution < -0.4 is 5.43 Å². The molecule has 1 aliphatic heterocycles. The largest absolute Gasteiger partial charge is 0.314 e. The van der Waals surface area contributed by atoms with Crippen LogP contribution in [0.3, 0.4) is 0 Å². The molecule has 3 aromatic carbocycles. The minimum atomic E-state index is -0.645. The van der Waals surface area contributed by atoms with Crippen molar-refractivity contribution in [1.29, 1.82) is 5.26 Å². The van der Waals surface area contributed by atoms with Gasteiger partial charge in [0.2, 0.25) is 0 Å². The molecular formula is C31H28N6. The highest BCUT2D eigenvalue weighted by atomic mass is 15.5. The number of benzene rings is 3. The van der Waals surface area contributed by atoms with Crippen molar-refractivity contribution in [3.8, 4) is 6.07 Å². The Balaban J connectivity index is 1.56. The molecule has 37 heavy (non-hydrogen) atoms. The first kappa shape index (κ1) is 23.0. The van der Waals surface area contributed by atoms with Crippen LogP contribution in [0.2, 0.25) is 0 Å². The molecule has 1 atom stereocenters. The van der Waals surface area contributed by atoms with E-state index in [4.69, 9.17) is 4.98 Å². The second kappa shape index (κ2) is 9.88. The summed E-state index contributed by atoms with van der Waals surface area (Å²) in [6, 6.07) is 36.3. The van der Waals surface area contributed by atoms with Crippen LogP contribution in [-0.4, -0.2) is 32.6 Å². The highest BCUT2D eigenvalue weighted by Gasteiger charge is 2.39. The number of fused-ring (bicyclic) bond motifs is 1. The third kappa shape index (κ3) is 4.04. The monoisotopic (exact) mass is 484 g/mol. The van der Waals surface area contributed by atoms with Gasteiger partial charge in [-0.3, -0.25) is 0 Å². The molecule has 0 spiro atoms. The zero-order valence-electron chi connectivity index (χ0n) is 20.5. The van der Waals surface area contributed by atoms with Crippen molar-refractivity contribution >= 4 is 16.9 Å². The molecule has 6 nitrogen and oxygen atoms in total. The summed E-state index contributed by atoms with van der Waals surface area (Å²) in [6.07, 6.45) is 5.67. The van der Waals surface area contributed by atoms with Crippen LogP contribution in [0.15, 0.2) is 110 Å². The normalized spacial score (nSPS) is 16.4. The Hall–Kier alpha value is -4.47. The minimum absolute atomic E-state index is 0.0325. The predicted octanol–water partition coefficient (Wildman–Crippen LogP) is 5.83. The molecule has 6 rings (SSSR count). The summed E-state index contributed by atoms with van der Waals surface area (Å²) in [5.41, 5.74) is 7.11. The van der Waals surface area contributed by atoms with Gasteiger partial charge in [0.25, 0.3) is 0 Å². The first-order valence-corrected chi connectivity index (χ1v) is 12.7. The van der Waals surface area contributed by atoms with Crippen LogP contribution in [0.1, 0.15) is 29.5 Å². The zero-order valence-corrected chi connectivity index (χ0v) is 20.5. The van der Waals surface area contributed by atoms with Gasteiger partial charge in [-0.15, -0.1) is 0 Å². The summed E-state index contributed by atoms with van der Waals surface area (Å²) < 4.78 is 2.27. The smallest absolute Gasteiger partial charge is 0.153 e. The molecule has 1 aliphatic rings. The van der Waals surface area contributed by atoms with E-state index in [1.165, 1.54) is 0 Å². The van der Waals surface area contributed by atoms with Crippen LogP contribution in [0.4, 0.5) is 5.82 Å². The fourth-order valence-corrected chi connectivity index (χ4v) is 5.60. The molecule has 5 aromatic rings. The molecule has 6 heteroatoms. The van der Waals surface area contributed by atoms with E-state index in [0.717, 1.165) is 52.9 Å². The maximum atomic E-state index is 9.43. The summed E-state index contributed by atoms with van der Waals surface area (Å²) in [6.45, 7) is 1.57. The number of piperidine rings is 1. The van der Waals surface area contributed by atoms with Gasteiger partial charge in [-0.2, -0.15) is 5.26 Å². The summed E-state index contributed by atoms with van der Waals surface area (Å²) in [5.74, 6) is 0.787. The third-order valence-electron chi connectivity index (χ3n) is 7.29. The molecule has 2 aromatic heterocycles. The van der Waals surface area contributed by atoms with Crippen molar-refractivity contribution in [2.45, 2.75) is 18.4 Å². The average molecular weight is 485 g/mol. The molecule has 0 amide bonds. The lowest BCUT2D eigenvalue weighted by molar-refractivity contribution is 0.237. The number of rotatable bonds is 6. The van der Waals surface area contributed by atoms with E-state index >= 15 is 0 Å². The van der Waals surface area contributed by atoms with E-state index < -0.39 is 5.54 Å². The maximum absolute atomic E-state index is 9.43. The molecule has 0 saturated carbocycles. The van der Waals surface area contributed by atoms with Gasteiger partial charge in [0.15, 0.2) is 5.82 Å². The fourth-order valence-electron chi connectivity index (χ4n) is 5.60. The number of nitriles is 1. The van der Waals surface area contributed by atoms with E-state index in [-0.39, 0.29) is 5.92 Å². The molecule has 1 N–H and O–H groups in total. The van der Waals surface area contributed by atoms with Crippen molar-refractivity contribution in [3.05, 3.63) is 126 Å². The van der Waals surface area contributed by atoms with Crippen molar-refractivity contribution < 1.29 is 0 Å². The predicted molar refractivity (Wildman–Crippen MR) is 146 cm³/mol. The molecule has 0 aliphatic carbocycles. The Morgan fingerprint density at radius 2 is 1.41 bits per heavy atom. The second-order valence-corrected chi connectivity index (χ2v) is 9.48. The van der Waals surface area contributed by atoms with Crippen molar-refractivity contribution in [2.24, 2.45) is 5.92 Å². The van der Waals surface area contributed by atoms with Gasteiger partial charge >= 0.3 is 0 Å². The number of nitrogens with one attached hydrogen (secondary N) is 1. The third-order valence-corrected chi connectivity index (χ3v) is 7.29. The van der Waals surface area contributed by atoms with E-state index in [2.05, 4.69) is 129 Å². The Bertz CT molecular complexity index is 1430. The first-order valence-electron chi connectivity index (χ1n) is 12.7. The van der Waals surface area contributed by atoms with Gasteiger partial charge in [-0.25, -0.2) is 15.0 Å². The summed E-state index contributed by atoms with van der Waals surface area (Å²) >= 11 is 0. The SMILES string of the molecule is N#CC1CCCN(Nc2ncnc3c2ccn3C(c2ccccc2)(c2ccccc2)c2ccccc2)C1. The molecule has 3 heterocycles. The summed E-state index contributed by atoms with van der Waals surface area (Å²) in [5, 5.41) is 12.5. The molecule has 1 saturated heterocycles. The second-order valence-electron chi connectivity index (χ2n) is 9.48. The maximum Gasteiger partial charge on any atom is 0.153 e. The lowest BCUT2D eigenvalue weighted by atomic mass is 9.76. The molecule has 0 radical (unpaired) electrons. The van der Waals surface area contributed by atoms with Gasteiger partial charge in [-0.05, 0) is 35.6 Å². The van der Waals surface area contributed by atoms with E-state index in [1.807, 2.05) is 0 Å². The van der Waals surface area contributed by atoms with Crippen LogP contribution >= 0.6 is 0 Å². The van der Waals surface area contributed by atoms with Crippen LogP contribution in [0, 0.1) is 17.2 Å². The Labute approximate surface area is 216 Å². The van der Waals surface area contributed by atoms with Gasteiger partial charge in [0, 0.05) is 19.3 Å². The highest BCUT2D eigenvalue weighted by molar-refractivity contribution is 5.88. The minimum Gasteiger partial charge on any atom is -0.314 e. The van der Waals surface area contributed by atoms with Crippen LogP contribution in [-0.2, 0) is 5.54 Å². The summed E-state index contributed by atoms with van der Waals surface area (Å²) in [7, 11) is 0. The summed E-state index contributed by atoms with van der Waals surface area (Å²) in [4.78, 5) is 9.41. The van der Waals surface area contributed by atoms with Gasteiger partial charge in [0.05, 0.1) is 17.4 Å². The zero-order chi connectivity index (χ0) is 25.1. The van der Waals surface area contributed by atoms with Crippen molar-refractivity contribution in [2.75, 3.05) is 18.5 Å². The van der Waals surface area contributed by atoms with Gasteiger partial charge in [-0.1, -0.05) is 91.0 Å². The van der Waals surface area contributed by atoms with E-state index in [1.54, 1.807) is 6.33 Å². The molecule has 1 fully saturated rings. The Morgan fingerprint density at radius 1 is 0.811 bits per heavy atom. The molecular weight excluding hydrogens is 456 g/mol. The number of hydrogen-bond acceptors (Lipinski definition) is 5. The van der Waals surface area contributed by atoms with Crippen LogP contribution in [0.25, 0.3) is 11.0 Å². The highest BCUT2D eigenvalue weighted by Crippen LogP contribution is 2.43. The average Bonchev–Trinajstić information content (AvgIpc) is 3.41. The quantitative estimate of drug-likeness (QED) is 0.307. The van der Waals surface area contributed by atoms with Gasteiger partial charge < -0.3 is 9.99 Å². The van der Waals surface area contributed by atoms with Crippen molar-refractivity contribution in [3.63, 3.8) is 0 Å². The number of anilines is 1. The molecule has 1 unspecified atom stereocenters. The Morgan fingerprint density at radius 3 is 1.97 bits per heavy atom.